The lowest BCUT2D eigenvalue weighted by atomic mass is 10.1. The molecule has 0 amide bonds. The third kappa shape index (κ3) is 5.26. The largest absolute Gasteiger partial charge is 0.491 e. The third-order valence-corrected chi connectivity index (χ3v) is 6.65. The molecule has 2 aliphatic rings. The van der Waals surface area contributed by atoms with Gasteiger partial charge in [0, 0.05) is 24.7 Å². The van der Waals surface area contributed by atoms with E-state index in [1.165, 1.54) is 6.92 Å². The van der Waals surface area contributed by atoms with E-state index in [2.05, 4.69) is 4.72 Å². The molecule has 0 unspecified atom stereocenters. The van der Waals surface area contributed by atoms with Crippen LogP contribution in [-0.2, 0) is 10.0 Å². The summed E-state index contributed by atoms with van der Waals surface area (Å²) in [4.78, 5) is 13.3. The number of sulfonamides is 1. The first kappa shape index (κ1) is 19.3. The van der Waals surface area contributed by atoms with Gasteiger partial charge in [-0.15, -0.1) is 0 Å². The minimum atomic E-state index is -3.27. The summed E-state index contributed by atoms with van der Waals surface area (Å²) in [5.41, 5.74) is 0.563. The Morgan fingerprint density at radius 3 is 2.85 bits per heavy atom. The highest BCUT2D eigenvalue weighted by Crippen LogP contribution is 2.23. The summed E-state index contributed by atoms with van der Waals surface area (Å²) in [6.45, 7) is 3.02. The zero-order valence-electron chi connectivity index (χ0n) is 14.9. The van der Waals surface area contributed by atoms with E-state index < -0.39 is 21.4 Å². The summed E-state index contributed by atoms with van der Waals surface area (Å²) < 4.78 is 32.8. The van der Waals surface area contributed by atoms with E-state index in [1.54, 1.807) is 24.3 Å². The molecule has 0 bridgehead atoms. The number of aliphatic hydroxyl groups is 1. The number of nitrogens with one attached hydrogen (secondary N) is 1. The van der Waals surface area contributed by atoms with Crippen molar-refractivity contribution < 1.29 is 23.1 Å². The molecule has 2 N–H and O–H groups in total. The van der Waals surface area contributed by atoms with Crippen LogP contribution in [0.15, 0.2) is 24.3 Å². The zero-order valence-corrected chi connectivity index (χ0v) is 15.7. The van der Waals surface area contributed by atoms with Crippen molar-refractivity contribution in [1.29, 1.82) is 0 Å². The number of aliphatic hydroxyl groups excluding tert-OH is 1. The first-order valence-electron chi connectivity index (χ1n) is 8.99. The van der Waals surface area contributed by atoms with Crippen LogP contribution >= 0.6 is 0 Å². The van der Waals surface area contributed by atoms with Crippen molar-refractivity contribution in [2.75, 3.05) is 26.2 Å². The monoisotopic (exact) mass is 382 g/mol. The fraction of sp³-hybridized carbons (Fsp3) is 0.611. The van der Waals surface area contributed by atoms with Gasteiger partial charge in [-0.25, -0.2) is 13.1 Å². The van der Waals surface area contributed by atoms with E-state index in [0.29, 0.717) is 37.4 Å². The molecule has 3 rings (SSSR count). The number of ketones is 1. The second-order valence-electron chi connectivity index (χ2n) is 7.16. The smallest absolute Gasteiger partial charge is 0.216 e. The fourth-order valence-corrected chi connectivity index (χ4v) is 4.81. The maximum atomic E-state index is 12.3. The zero-order chi connectivity index (χ0) is 18.7. The SMILES string of the molecule is CC(=O)c1cccc(OC[C@@H](O)CN2CC[C@H](S(=O)(=O)NC3CC3)C2)c1. The molecule has 7 nitrogen and oxygen atoms in total. The molecular weight excluding hydrogens is 356 g/mol. The average molecular weight is 382 g/mol. The summed E-state index contributed by atoms with van der Waals surface area (Å²) in [6, 6.07) is 6.96. The topological polar surface area (TPSA) is 95.9 Å². The first-order valence-corrected chi connectivity index (χ1v) is 10.5. The maximum absolute atomic E-state index is 12.3. The molecule has 0 aromatic heterocycles. The molecule has 1 aliphatic heterocycles. The lowest BCUT2D eigenvalue weighted by molar-refractivity contribution is 0.0758. The number of β-amino-alcohol motifs (C(OH)–C–C–N with tert-alkyl or cyclic N) is 1. The van der Waals surface area contributed by atoms with Gasteiger partial charge >= 0.3 is 0 Å². The predicted molar refractivity (Wildman–Crippen MR) is 97.9 cm³/mol. The van der Waals surface area contributed by atoms with Crippen LogP contribution in [0, 0.1) is 0 Å². The first-order chi connectivity index (χ1) is 12.3. The van der Waals surface area contributed by atoms with Crippen LogP contribution in [-0.4, -0.2) is 67.8 Å². The van der Waals surface area contributed by atoms with E-state index in [1.807, 2.05) is 4.90 Å². The lowest BCUT2D eigenvalue weighted by Crippen LogP contribution is -2.39. The standard InChI is InChI=1S/C18H26N2O5S/c1-13(21)14-3-2-4-17(9-14)25-12-16(22)10-20-8-7-18(11-20)26(23,24)19-15-5-6-15/h2-4,9,15-16,18-19,22H,5-8,10-12H2,1H3/t16-,18-/m0/s1. The minimum Gasteiger partial charge on any atom is -0.491 e. The fourth-order valence-electron chi connectivity index (χ4n) is 3.09. The number of nitrogens with zero attached hydrogens (tertiary/aromatic N) is 1. The van der Waals surface area contributed by atoms with Crippen molar-refractivity contribution in [3.05, 3.63) is 29.8 Å². The second kappa shape index (κ2) is 8.04. The molecule has 1 aliphatic carbocycles. The van der Waals surface area contributed by atoms with Crippen LogP contribution in [0.2, 0.25) is 0 Å². The van der Waals surface area contributed by atoms with Gasteiger partial charge in [0.15, 0.2) is 5.78 Å². The van der Waals surface area contributed by atoms with Gasteiger partial charge in [0.1, 0.15) is 18.5 Å². The Morgan fingerprint density at radius 1 is 1.38 bits per heavy atom. The number of hydrogen-bond donors (Lipinski definition) is 2. The van der Waals surface area contributed by atoms with E-state index >= 15 is 0 Å². The number of carbonyl (C=O) groups is 1. The lowest BCUT2D eigenvalue weighted by Gasteiger charge is -2.20. The van der Waals surface area contributed by atoms with E-state index in [4.69, 9.17) is 4.74 Å². The number of benzene rings is 1. The number of Topliss-reactive ketones (excluding diaryl/α,β-unsaturated/α-hetero) is 1. The highest BCUT2D eigenvalue weighted by Gasteiger charge is 2.37. The van der Waals surface area contributed by atoms with E-state index in [0.717, 1.165) is 12.8 Å². The molecular formula is C18H26N2O5S. The van der Waals surface area contributed by atoms with Crippen LogP contribution in [0.5, 0.6) is 5.75 Å². The summed E-state index contributed by atoms with van der Waals surface area (Å²) in [6.07, 6.45) is 1.71. The van der Waals surface area contributed by atoms with Gasteiger partial charge in [0.25, 0.3) is 0 Å². The molecule has 2 atom stereocenters. The molecule has 1 saturated carbocycles. The second-order valence-corrected chi connectivity index (χ2v) is 9.15. The van der Waals surface area contributed by atoms with E-state index in [-0.39, 0.29) is 18.4 Å². The molecule has 1 heterocycles. The highest BCUT2D eigenvalue weighted by molar-refractivity contribution is 7.90. The normalized spacial score (nSPS) is 22.3. The summed E-state index contributed by atoms with van der Waals surface area (Å²) in [5, 5.41) is 9.78. The average Bonchev–Trinajstić information content (AvgIpc) is 3.26. The van der Waals surface area contributed by atoms with Crippen molar-refractivity contribution in [2.24, 2.45) is 0 Å². The minimum absolute atomic E-state index is 0.0416. The Kier molecular flexibility index (Phi) is 5.96. The molecule has 1 aromatic carbocycles. The number of hydrogen-bond acceptors (Lipinski definition) is 6. The molecule has 1 aromatic rings. The quantitative estimate of drug-likeness (QED) is 0.613. The maximum Gasteiger partial charge on any atom is 0.216 e. The van der Waals surface area contributed by atoms with Gasteiger partial charge in [-0.1, -0.05) is 12.1 Å². The van der Waals surface area contributed by atoms with Crippen molar-refractivity contribution in [1.82, 2.24) is 9.62 Å². The van der Waals surface area contributed by atoms with Crippen LogP contribution in [0.4, 0.5) is 0 Å². The summed E-state index contributed by atoms with van der Waals surface area (Å²) >= 11 is 0. The van der Waals surface area contributed by atoms with Crippen LogP contribution in [0.1, 0.15) is 36.5 Å². The molecule has 0 spiro atoms. The van der Waals surface area contributed by atoms with Gasteiger partial charge in [0.2, 0.25) is 10.0 Å². The van der Waals surface area contributed by atoms with Gasteiger partial charge in [0.05, 0.1) is 5.25 Å². The van der Waals surface area contributed by atoms with Crippen LogP contribution in [0.3, 0.4) is 0 Å². The number of likely N-dealkylation sites (tertiary alicyclic amines) is 1. The Morgan fingerprint density at radius 2 is 2.15 bits per heavy atom. The molecule has 26 heavy (non-hydrogen) atoms. The van der Waals surface area contributed by atoms with Crippen molar-refractivity contribution in [3.8, 4) is 5.75 Å². The molecule has 2 fully saturated rings. The molecule has 1 saturated heterocycles. The van der Waals surface area contributed by atoms with Crippen LogP contribution < -0.4 is 9.46 Å². The Hall–Kier alpha value is -1.48. The Labute approximate surface area is 154 Å². The number of rotatable bonds is 9. The van der Waals surface area contributed by atoms with Gasteiger partial charge in [-0.2, -0.15) is 0 Å². The Bertz CT molecular complexity index is 748. The number of carbonyl (C=O) groups excluding carboxylic acids is 1. The Balaban J connectivity index is 1.44. The van der Waals surface area contributed by atoms with Gasteiger partial charge in [-0.05, 0) is 44.9 Å². The van der Waals surface area contributed by atoms with Gasteiger partial charge in [-0.3, -0.25) is 9.69 Å². The summed E-state index contributed by atoms with van der Waals surface area (Å²) in [5.74, 6) is 0.493. The number of ether oxygens (including phenoxy) is 1. The third-order valence-electron chi connectivity index (χ3n) is 4.73. The molecule has 144 valence electrons. The van der Waals surface area contributed by atoms with Crippen molar-refractivity contribution in [2.45, 2.75) is 43.6 Å². The van der Waals surface area contributed by atoms with Gasteiger partial charge < -0.3 is 9.84 Å². The predicted octanol–water partition coefficient (Wildman–Crippen LogP) is 0.785. The van der Waals surface area contributed by atoms with Crippen LogP contribution in [0.25, 0.3) is 0 Å². The van der Waals surface area contributed by atoms with Crippen molar-refractivity contribution >= 4 is 15.8 Å². The summed E-state index contributed by atoms with van der Waals surface area (Å²) in [7, 11) is -3.27. The van der Waals surface area contributed by atoms with Crippen molar-refractivity contribution in [3.63, 3.8) is 0 Å². The highest BCUT2D eigenvalue weighted by atomic mass is 32.2. The van der Waals surface area contributed by atoms with E-state index in [9.17, 15) is 18.3 Å². The molecule has 0 radical (unpaired) electrons. The molecule has 8 heteroatoms.